The molecule has 2 saturated heterocycles. The number of hydrogen-bond acceptors (Lipinski definition) is 7. The van der Waals surface area contributed by atoms with Crippen molar-refractivity contribution in [2.24, 2.45) is 22.2 Å². The Labute approximate surface area is 245 Å². The molecule has 0 unspecified atom stereocenters. The molecule has 2 heterocycles. The summed E-state index contributed by atoms with van der Waals surface area (Å²) in [6.07, 6.45) is 2.25. The van der Waals surface area contributed by atoms with Gasteiger partial charge in [-0.1, -0.05) is 60.7 Å². The number of rotatable bonds is 13. The number of benzene rings is 2. The summed E-state index contributed by atoms with van der Waals surface area (Å²) in [5, 5.41) is 8.69. The first-order valence-corrected chi connectivity index (χ1v) is 14.3. The van der Waals surface area contributed by atoms with E-state index in [4.69, 9.17) is 17.2 Å². The Morgan fingerprint density at radius 3 is 2.33 bits per heavy atom. The fourth-order valence-electron chi connectivity index (χ4n) is 5.47. The van der Waals surface area contributed by atoms with E-state index in [1.165, 1.54) is 5.01 Å². The first-order valence-electron chi connectivity index (χ1n) is 14.3. The van der Waals surface area contributed by atoms with E-state index in [1.54, 1.807) is 0 Å². The van der Waals surface area contributed by atoms with Crippen molar-refractivity contribution in [3.8, 4) is 0 Å². The highest BCUT2D eigenvalue weighted by Crippen LogP contribution is 2.31. The van der Waals surface area contributed by atoms with E-state index < -0.39 is 35.2 Å². The number of amides is 3. The van der Waals surface area contributed by atoms with Crippen LogP contribution in [0, 0.1) is 0 Å². The molecule has 3 amide bonds. The molecule has 0 radical (unpaired) electrons. The van der Waals surface area contributed by atoms with Crippen LogP contribution in [0.3, 0.4) is 0 Å². The summed E-state index contributed by atoms with van der Waals surface area (Å²) in [5.74, 6) is -2.48. The summed E-state index contributed by atoms with van der Waals surface area (Å²) in [4.78, 5) is 57.2. The summed E-state index contributed by atoms with van der Waals surface area (Å²) in [7, 11) is 0. The van der Waals surface area contributed by atoms with E-state index >= 15 is 0 Å². The minimum atomic E-state index is -1.16. The zero-order valence-electron chi connectivity index (χ0n) is 23.7. The van der Waals surface area contributed by atoms with Gasteiger partial charge in [-0.05, 0) is 49.7 Å². The Bertz CT molecular complexity index is 1280. The van der Waals surface area contributed by atoms with Crippen molar-refractivity contribution in [3.63, 3.8) is 0 Å². The van der Waals surface area contributed by atoms with Gasteiger partial charge >= 0.3 is 0 Å². The quantitative estimate of drug-likeness (QED) is 0.0922. The molecule has 0 bridgehead atoms. The van der Waals surface area contributed by atoms with Gasteiger partial charge in [0.05, 0.1) is 6.04 Å². The third kappa shape index (κ3) is 7.71. The highest BCUT2D eigenvalue weighted by Gasteiger charge is 2.51. The first kappa shape index (κ1) is 30.7. The van der Waals surface area contributed by atoms with Crippen molar-refractivity contribution in [1.82, 2.24) is 20.7 Å². The highest BCUT2D eigenvalue weighted by atomic mass is 16.2. The molecular weight excluding hydrogens is 536 g/mol. The van der Waals surface area contributed by atoms with Crippen LogP contribution in [-0.2, 0) is 32.0 Å². The zero-order valence-corrected chi connectivity index (χ0v) is 23.7. The van der Waals surface area contributed by atoms with Gasteiger partial charge in [0.25, 0.3) is 11.8 Å². The SMILES string of the molecule is NC(N)=NCCC[C@H](NC(=O)[C@@H]1CCN2CC[C@@](N)(Cc3ccccc3)C(=O)N12)C(=O)C(=O)NCCc1ccccc1. The summed E-state index contributed by atoms with van der Waals surface area (Å²) < 4.78 is 0. The number of aliphatic imine (C=N–C) groups is 1. The van der Waals surface area contributed by atoms with Crippen LogP contribution in [0.2, 0.25) is 0 Å². The van der Waals surface area contributed by atoms with Crippen LogP contribution in [0.25, 0.3) is 0 Å². The molecule has 8 N–H and O–H groups in total. The maximum Gasteiger partial charge on any atom is 0.289 e. The molecule has 0 saturated carbocycles. The van der Waals surface area contributed by atoms with Crippen LogP contribution in [0.5, 0.6) is 0 Å². The van der Waals surface area contributed by atoms with Gasteiger partial charge < -0.3 is 27.8 Å². The van der Waals surface area contributed by atoms with Gasteiger partial charge in [-0.25, -0.2) is 5.01 Å². The van der Waals surface area contributed by atoms with Crippen LogP contribution >= 0.6 is 0 Å². The number of hydrogen-bond donors (Lipinski definition) is 5. The molecule has 2 aromatic carbocycles. The second kappa shape index (κ2) is 14.1. The number of nitrogens with zero attached hydrogens (tertiary/aromatic N) is 3. The monoisotopic (exact) mass is 576 g/mol. The molecule has 3 atom stereocenters. The van der Waals surface area contributed by atoms with Crippen LogP contribution in [0.4, 0.5) is 0 Å². The average molecular weight is 577 g/mol. The standard InChI is InChI=1S/C30H40N8O4/c31-29(32)35-16-7-12-23(25(39)27(41)34-17-13-21-8-3-1-4-9-21)36-26(40)24-14-18-37-19-15-30(33,28(42)38(24)37)20-22-10-5-2-6-11-22/h1-6,8-11,23-24H,7,12-20,33H2,(H,34,41)(H,36,40)(H4,31,32,35)/t23-,24-,30+/m0/s1. The normalized spacial score (nSPS) is 20.8. The molecule has 2 aliphatic rings. The van der Waals surface area contributed by atoms with Gasteiger partial charge in [-0.2, -0.15) is 0 Å². The molecule has 4 rings (SSSR count). The Morgan fingerprint density at radius 2 is 1.67 bits per heavy atom. The Balaban J connectivity index is 1.42. The van der Waals surface area contributed by atoms with E-state index in [2.05, 4.69) is 15.6 Å². The summed E-state index contributed by atoms with van der Waals surface area (Å²) in [6.45, 7) is 1.54. The predicted molar refractivity (Wildman–Crippen MR) is 159 cm³/mol. The van der Waals surface area contributed by atoms with E-state index in [-0.39, 0.29) is 31.4 Å². The second-order valence-electron chi connectivity index (χ2n) is 10.8. The maximum absolute atomic E-state index is 13.7. The predicted octanol–water partition coefficient (Wildman–Crippen LogP) is -0.385. The molecule has 2 aromatic rings. The lowest BCUT2D eigenvalue weighted by Crippen LogP contribution is -2.67. The van der Waals surface area contributed by atoms with Crippen molar-refractivity contribution < 1.29 is 19.2 Å². The van der Waals surface area contributed by atoms with Gasteiger partial charge in [0.15, 0.2) is 5.96 Å². The topological polar surface area (TPSA) is 189 Å². The lowest BCUT2D eigenvalue weighted by molar-refractivity contribution is -0.165. The second-order valence-corrected chi connectivity index (χ2v) is 10.8. The molecule has 0 aliphatic carbocycles. The van der Waals surface area contributed by atoms with Gasteiger partial charge in [0.1, 0.15) is 11.6 Å². The zero-order chi connectivity index (χ0) is 30.1. The van der Waals surface area contributed by atoms with Crippen molar-refractivity contribution in [3.05, 3.63) is 71.8 Å². The maximum atomic E-state index is 13.7. The summed E-state index contributed by atoms with van der Waals surface area (Å²) in [6, 6.07) is 17.2. The number of ketones is 1. The molecule has 224 valence electrons. The number of hydrazine groups is 1. The van der Waals surface area contributed by atoms with E-state index in [9.17, 15) is 19.2 Å². The lowest BCUT2D eigenvalue weighted by atomic mass is 9.85. The highest BCUT2D eigenvalue weighted by molar-refractivity contribution is 6.38. The fourth-order valence-corrected chi connectivity index (χ4v) is 5.47. The van der Waals surface area contributed by atoms with Crippen LogP contribution in [-0.4, -0.2) is 83.3 Å². The number of fused-ring (bicyclic) bond motifs is 1. The summed E-state index contributed by atoms with van der Waals surface area (Å²) in [5.41, 5.74) is 18.3. The van der Waals surface area contributed by atoms with Gasteiger partial charge in [0.2, 0.25) is 11.7 Å². The fraction of sp³-hybridized carbons (Fsp3) is 0.433. The summed E-state index contributed by atoms with van der Waals surface area (Å²) >= 11 is 0. The average Bonchev–Trinajstić information content (AvgIpc) is 3.42. The van der Waals surface area contributed by atoms with Crippen molar-refractivity contribution in [2.75, 3.05) is 26.2 Å². The number of nitrogens with one attached hydrogen (secondary N) is 2. The molecule has 2 aliphatic heterocycles. The molecule has 2 fully saturated rings. The van der Waals surface area contributed by atoms with E-state index in [0.717, 1.165) is 11.1 Å². The Hall–Kier alpha value is -4.29. The molecular formula is C30H40N8O4. The van der Waals surface area contributed by atoms with Crippen molar-refractivity contribution in [2.45, 2.75) is 56.1 Å². The first-order chi connectivity index (χ1) is 20.2. The molecule has 0 aromatic heterocycles. The van der Waals surface area contributed by atoms with E-state index in [0.29, 0.717) is 45.2 Å². The van der Waals surface area contributed by atoms with Gasteiger partial charge in [-0.3, -0.25) is 29.2 Å². The van der Waals surface area contributed by atoms with Crippen LogP contribution < -0.4 is 27.8 Å². The van der Waals surface area contributed by atoms with E-state index in [1.807, 2.05) is 65.7 Å². The minimum absolute atomic E-state index is 0.0870. The van der Waals surface area contributed by atoms with Gasteiger partial charge in [0, 0.05) is 26.2 Å². The van der Waals surface area contributed by atoms with Crippen LogP contribution in [0.15, 0.2) is 65.7 Å². The number of carbonyl (C=O) groups is 4. The Kier molecular flexibility index (Phi) is 10.3. The molecule has 42 heavy (non-hydrogen) atoms. The van der Waals surface area contributed by atoms with Crippen molar-refractivity contribution in [1.29, 1.82) is 0 Å². The minimum Gasteiger partial charge on any atom is -0.370 e. The molecule has 12 heteroatoms. The van der Waals surface area contributed by atoms with Crippen molar-refractivity contribution >= 4 is 29.5 Å². The number of nitrogens with two attached hydrogens (primary N) is 3. The number of carbonyl (C=O) groups excluding carboxylic acids is 4. The smallest absolute Gasteiger partial charge is 0.289 e. The third-order valence-electron chi connectivity index (χ3n) is 7.72. The lowest BCUT2D eigenvalue weighted by Gasteiger charge is -2.44. The van der Waals surface area contributed by atoms with Crippen LogP contribution in [0.1, 0.15) is 36.8 Å². The largest absolute Gasteiger partial charge is 0.370 e. The Morgan fingerprint density at radius 1 is 1.00 bits per heavy atom. The number of Topliss-reactive ketones (excluding diaryl/α,β-unsaturated/α-hetero) is 1. The number of guanidine groups is 1. The molecule has 0 spiro atoms. The third-order valence-corrected chi connectivity index (χ3v) is 7.72. The molecule has 12 nitrogen and oxygen atoms in total. The van der Waals surface area contributed by atoms with Gasteiger partial charge in [-0.15, -0.1) is 0 Å².